The van der Waals surface area contributed by atoms with Crippen molar-refractivity contribution in [1.29, 1.82) is 0 Å². The highest BCUT2D eigenvalue weighted by molar-refractivity contribution is 5.91. The van der Waals surface area contributed by atoms with Crippen LogP contribution in [0.25, 0.3) is 22.3 Å². The molecule has 4 aromatic rings. The topological polar surface area (TPSA) is 41.5 Å². The van der Waals surface area contributed by atoms with Crippen molar-refractivity contribution >= 4 is 22.4 Å². The number of benzene rings is 3. The predicted octanol–water partition coefficient (Wildman–Crippen LogP) is 5.25. The molecule has 5 nitrogen and oxygen atoms in total. The molecule has 0 amide bonds. The molecule has 2 heterocycles. The van der Waals surface area contributed by atoms with Gasteiger partial charge >= 0.3 is 0 Å². The molecule has 1 aliphatic heterocycles. The third-order valence-electron chi connectivity index (χ3n) is 6.43. The van der Waals surface area contributed by atoms with Crippen LogP contribution in [0, 0.1) is 13.8 Å². The zero-order chi connectivity index (χ0) is 22.1. The number of fused-ring (bicyclic) bond motifs is 1. The van der Waals surface area contributed by atoms with Crippen molar-refractivity contribution in [2.45, 2.75) is 13.8 Å². The second-order valence-electron chi connectivity index (χ2n) is 8.31. The first-order valence-corrected chi connectivity index (χ1v) is 11.1. The molecule has 162 valence electrons. The standard InChI is InChI=1S/C27H28N4O/c1-19-7-6-10-25(20(19)2)30-15-17-31(18-16-30)27-23-8-4-5-9-24(23)28-26(29-27)21-11-13-22(32-3)14-12-21/h4-14H,15-18H2,1-3H3. The Morgan fingerprint density at radius 1 is 0.750 bits per heavy atom. The maximum atomic E-state index is 5.30. The van der Waals surface area contributed by atoms with E-state index in [1.54, 1.807) is 7.11 Å². The van der Waals surface area contributed by atoms with Gasteiger partial charge in [0, 0.05) is 42.8 Å². The number of ether oxygens (including phenoxy) is 1. The zero-order valence-corrected chi connectivity index (χ0v) is 18.9. The minimum absolute atomic E-state index is 0.748. The number of para-hydroxylation sites is 1. The van der Waals surface area contributed by atoms with Crippen molar-refractivity contribution in [2.75, 3.05) is 43.1 Å². The van der Waals surface area contributed by atoms with Crippen LogP contribution in [0.4, 0.5) is 11.5 Å². The molecule has 0 aliphatic carbocycles. The Hall–Kier alpha value is -3.60. The largest absolute Gasteiger partial charge is 0.497 e. The van der Waals surface area contributed by atoms with Crippen molar-refractivity contribution in [2.24, 2.45) is 0 Å². The highest BCUT2D eigenvalue weighted by atomic mass is 16.5. The van der Waals surface area contributed by atoms with Crippen molar-refractivity contribution < 1.29 is 4.74 Å². The third kappa shape index (κ3) is 3.75. The highest BCUT2D eigenvalue weighted by Gasteiger charge is 2.22. The van der Waals surface area contributed by atoms with Gasteiger partial charge in [-0.05, 0) is 67.4 Å². The van der Waals surface area contributed by atoms with Gasteiger partial charge in [0.15, 0.2) is 5.82 Å². The molecule has 1 aliphatic rings. The summed E-state index contributed by atoms with van der Waals surface area (Å²) in [4.78, 5) is 14.8. The summed E-state index contributed by atoms with van der Waals surface area (Å²) in [6, 6.07) is 22.8. The summed E-state index contributed by atoms with van der Waals surface area (Å²) in [6.45, 7) is 8.20. The molecule has 1 fully saturated rings. The molecule has 0 radical (unpaired) electrons. The molecule has 0 bridgehead atoms. The smallest absolute Gasteiger partial charge is 0.162 e. The van der Waals surface area contributed by atoms with Crippen molar-refractivity contribution in [3.63, 3.8) is 0 Å². The first kappa shape index (κ1) is 20.3. The number of aromatic nitrogens is 2. The van der Waals surface area contributed by atoms with E-state index in [4.69, 9.17) is 14.7 Å². The van der Waals surface area contributed by atoms with E-state index in [9.17, 15) is 0 Å². The number of piperazine rings is 1. The number of nitrogens with zero attached hydrogens (tertiary/aromatic N) is 4. The summed E-state index contributed by atoms with van der Waals surface area (Å²) in [5.41, 5.74) is 6.02. The highest BCUT2D eigenvalue weighted by Crippen LogP contribution is 2.30. The summed E-state index contributed by atoms with van der Waals surface area (Å²) in [6.07, 6.45) is 0. The Kier molecular flexibility index (Phi) is 5.39. The van der Waals surface area contributed by atoms with E-state index in [1.807, 2.05) is 30.3 Å². The molecular formula is C27H28N4O. The van der Waals surface area contributed by atoms with Crippen LogP contribution in [-0.2, 0) is 0 Å². The van der Waals surface area contributed by atoms with Gasteiger partial charge < -0.3 is 14.5 Å². The first-order chi connectivity index (χ1) is 15.6. The summed E-state index contributed by atoms with van der Waals surface area (Å²) in [5.74, 6) is 2.60. The molecule has 5 rings (SSSR count). The second kappa shape index (κ2) is 8.50. The van der Waals surface area contributed by atoms with E-state index < -0.39 is 0 Å². The SMILES string of the molecule is COc1ccc(-c2nc(N3CCN(c4cccc(C)c4C)CC3)c3ccccc3n2)cc1. The number of hydrogen-bond donors (Lipinski definition) is 0. The van der Waals surface area contributed by atoms with Crippen molar-refractivity contribution in [3.05, 3.63) is 77.9 Å². The predicted molar refractivity (Wildman–Crippen MR) is 132 cm³/mol. The molecule has 32 heavy (non-hydrogen) atoms. The maximum absolute atomic E-state index is 5.30. The molecule has 0 unspecified atom stereocenters. The molecule has 1 aromatic heterocycles. The van der Waals surface area contributed by atoms with Crippen LogP contribution in [0.15, 0.2) is 66.7 Å². The second-order valence-corrected chi connectivity index (χ2v) is 8.31. The van der Waals surface area contributed by atoms with Crippen LogP contribution in [0.5, 0.6) is 5.75 Å². The van der Waals surface area contributed by atoms with Crippen LogP contribution >= 0.6 is 0 Å². The monoisotopic (exact) mass is 424 g/mol. The number of methoxy groups -OCH3 is 1. The zero-order valence-electron chi connectivity index (χ0n) is 18.9. The molecule has 5 heteroatoms. The number of rotatable bonds is 4. The summed E-state index contributed by atoms with van der Waals surface area (Å²) < 4.78 is 5.30. The van der Waals surface area contributed by atoms with Gasteiger partial charge in [-0.3, -0.25) is 0 Å². The lowest BCUT2D eigenvalue weighted by Gasteiger charge is -2.38. The van der Waals surface area contributed by atoms with E-state index >= 15 is 0 Å². The molecule has 0 spiro atoms. The van der Waals surface area contributed by atoms with Gasteiger partial charge in [-0.15, -0.1) is 0 Å². The quantitative estimate of drug-likeness (QED) is 0.448. The summed E-state index contributed by atoms with van der Waals surface area (Å²) >= 11 is 0. The summed E-state index contributed by atoms with van der Waals surface area (Å²) in [7, 11) is 1.68. The molecule has 3 aromatic carbocycles. The molecular weight excluding hydrogens is 396 g/mol. The molecule has 0 saturated carbocycles. The van der Waals surface area contributed by atoms with Gasteiger partial charge in [-0.1, -0.05) is 24.3 Å². The Morgan fingerprint density at radius 2 is 1.47 bits per heavy atom. The van der Waals surface area contributed by atoms with Crippen LogP contribution < -0.4 is 14.5 Å². The van der Waals surface area contributed by atoms with Crippen molar-refractivity contribution in [1.82, 2.24) is 9.97 Å². The van der Waals surface area contributed by atoms with E-state index in [1.165, 1.54) is 16.8 Å². The Balaban J connectivity index is 1.46. The fourth-order valence-corrected chi connectivity index (χ4v) is 4.41. The van der Waals surface area contributed by atoms with Crippen LogP contribution in [0.3, 0.4) is 0 Å². The number of anilines is 2. The summed E-state index contributed by atoms with van der Waals surface area (Å²) in [5, 5.41) is 1.10. The van der Waals surface area contributed by atoms with Crippen molar-refractivity contribution in [3.8, 4) is 17.1 Å². The van der Waals surface area contributed by atoms with Gasteiger partial charge in [0.25, 0.3) is 0 Å². The van der Waals surface area contributed by atoms with Gasteiger partial charge in [-0.25, -0.2) is 9.97 Å². The van der Waals surface area contributed by atoms with Gasteiger partial charge in [0.1, 0.15) is 11.6 Å². The van der Waals surface area contributed by atoms with Crippen LogP contribution in [-0.4, -0.2) is 43.3 Å². The number of hydrogen-bond acceptors (Lipinski definition) is 5. The fraction of sp³-hybridized carbons (Fsp3) is 0.259. The minimum atomic E-state index is 0.748. The Bertz CT molecular complexity index is 1240. The Labute approximate surface area is 189 Å². The van der Waals surface area contributed by atoms with Gasteiger partial charge in [0.2, 0.25) is 0 Å². The minimum Gasteiger partial charge on any atom is -0.497 e. The Morgan fingerprint density at radius 3 is 2.22 bits per heavy atom. The average Bonchev–Trinajstić information content (AvgIpc) is 2.85. The van der Waals surface area contributed by atoms with E-state index in [0.29, 0.717) is 0 Å². The maximum Gasteiger partial charge on any atom is 0.162 e. The van der Waals surface area contributed by atoms with Crippen LogP contribution in [0.1, 0.15) is 11.1 Å². The number of aryl methyl sites for hydroxylation is 1. The lowest BCUT2D eigenvalue weighted by Crippen LogP contribution is -2.47. The van der Waals surface area contributed by atoms with Gasteiger partial charge in [-0.2, -0.15) is 0 Å². The van der Waals surface area contributed by atoms with E-state index in [0.717, 1.165) is 60.0 Å². The molecule has 1 saturated heterocycles. The lowest BCUT2D eigenvalue weighted by molar-refractivity contribution is 0.415. The van der Waals surface area contributed by atoms with Gasteiger partial charge in [0.05, 0.1) is 12.6 Å². The van der Waals surface area contributed by atoms with E-state index in [2.05, 4.69) is 60.0 Å². The molecule has 0 atom stereocenters. The third-order valence-corrected chi connectivity index (χ3v) is 6.43. The average molecular weight is 425 g/mol. The normalized spacial score (nSPS) is 14.1. The van der Waals surface area contributed by atoms with Crippen LogP contribution in [0.2, 0.25) is 0 Å². The first-order valence-electron chi connectivity index (χ1n) is 11.1. The molecule has 0 N–H and O–H groups in total. The lowest BCUT2D eigenvalue weighted by atomic mass is 10.1. The van der Waals surface area contributed by atoms with E-state index in [-0.39, 0.29) is 0 Å². The fourth-order valence-electron chi connectivity index (χ4n) is 4.41.